The molecule has 0 aliphatic carbocycles. The van der Waals surface area contributed by atoms with Gasteiger partial charge in [0.05, 0.1) is 11.5 Å². The third-order valence-electron chi connectivity index (χ3n) is 1.68. The van der Waals surface area contributed by atoms with Crippen molar-refractivity contribution in [3.05, 3.63) is 0 Å². The first-order valence-electron chi connectivity index (χ1n) is 4.61. The quantitative estimate of drug-likeness (QED) is 0.621. The van der Waals surface area contributed by atoms with Crippen molar-refractivity contribution >= 4 is 34.1 Å². The zero-order valence-corrected chi connectivity index (χ0v) is 10.6. The average Bonchev–Trinajstić information content (AvgIpc) is 2.57. The number of hydrogen-bond donors (Lipinski definition) is 2. The molecule has 1 aromatic heterocycles. The number of rotatable bonds is 6. The highest BCUT2D eigenvalue weighted by molar-refractivity contribution is 7.99. The molecule has 0 amide bonds. The van der Waals surface area contributed by atoms with Crippen LogP contribution in [-0.4, -0.2) is 36.6 Å². The molecule has 0 saturated heterocycles. The second kappa shape index (κ2) is 6.31. The van der Waals surface area contributed by atoms with E-state index in [9.17, 15) is 13.2 Å². The molecule has 1 aromatic rings. The van der Waals surface area contributed by atoms with Crippen molar-refractivity contribution in [3.63, 3.8) is 0 Å². The first-order valence-corrected chi connectivity index (χ1v) is 6.61. The van der Waals surface area contributed by atoms with Gasteiger partial charge in [-0.3, -0.25) is 0 Å². The van der Waals surface area contributed by atoms with Crippen LogP contribution in [0.25, 0.3) is 0 Å². The van der Waals surface area contributed by atoms with Gasteiger partial charge < -0.3 is 15.8 Å². The lowest BCUT2D eigenvalue weighted by Gasteiger charge is -2.08. The summed E-state index contributed by atoms with van der Waals surface area (Å²) >= 11 is 2.62. The number of nitrogens with zero attached hydrogens (tertiary/aromatic N) is 1. The van der Waals surface area contributed by atoms with Gasteiger partial charge in [0, 0.05) is 6.54 Å². The minimum atomic E-state index is -4.28. The van der Waals surface area contributed by atoms with Gasteiger partial charge in [0.15, 0.2) is 5.82 Å². The molecular formula is C8H12F3N3OS2. The number of anilines is 2. The van der Waals surface area contributed by atoms with Gasteiger partial charge in [-0.2, -0.15) is 17.5 Å². The summed E-state index contributed by atoms with van der Waals surface area (Å²) in [5, 5.41) is 3.69. The maximum Gasteiger partial charge on any atom is 0.411 e. The van der Waals surface area contributed by atoms with Crippen LogP contribution in [0.2, 0.25) is 0 Å². The van der Waals surface area contributed by atoms with E-state index in [1.807, 2.05) is 6.26 Å². The van der Waals surface area contributed by atoms with Crippen molar-refractivity contribution < 1.29 is 17.9 Å². The highest BCUT2D eigenvalue weighted by atomic mass is 32.2. The van der Waals surface area contributed by atoms with Crippen molar-refractivity contribution in [1.82, 2.24) is 4.37 Å². The minimum absolute atomic E-state index is 0.0227. The van der Waals surface area contributed by atoms with Gasteiger partial charge in [-0.05, 0) is 17.8 Å². The Kier molecular flexibility index (Phi) is 5.34. The molecule has 0 unspecified atom stereocenters. The molecule has 0 saturated carbocycles. The first-order chi connectivity index (χ1) is 7.94. The number of hydrogen-bond acceptors (Lipinski definition) is 6. The summed E-state index contributed by atoms with van der Waals surface area (Å²) in [5.74, 6) is 0.432. The van der Waals surface area contributed by atoms with Crippen LogP contribution >= 0.6 is 23.3 Å². The monoisotopic (exact) mass is 287 g/mol. The fourth-order valence-electron chi connectivity index (χ4n) is 1.03. The van der Waals surface area contributed by atoms with E-state index in [4.69, 9.17) is 5.73 Å². The van der Waals surface area contributed by atoms with Crippen molar-refractivity contribution in [2.24, 2.45) is 0 Å². The molecule has 0 spiro atoms. The Morgan fingerprint density at radius 1 is 1.53 bits per heavy atom. The van der Waals surface area contributed by atoms with E-state index in [1.54, 1.807) is 0 Å². The zero-order chi connectivity index (χ0) is 12.9. The van der Waals surface area contributed by atoms with Crippen LogP contribution in [0.1, 0.15) is 0 Å². The highest BCUT2D eigenvalue weighted by Gasteiger charge is 2.27. The second-order valence-corrected chi connectivity index (χ2v) is 4.61. The number of nitrogen functional groups attached to an aromatic ring is 1. The fraction of sp³-hybridized carbons (Fsp3) is 0.625. The van der Waals surface area contributed by atoms with Crippen molar-refractivity contribution in [1.29, 1.82) is 0 Å². The van der Waals surface area contributed by atoms with E-state index in [1.165, 1.54) is 23.3 Å². The summed E-state index contributed by atoms with van der Waals surface area (Å²) in [7, 11) is 0. The van der Waals surface area contributed by atoms with Crippen LogP contribution in [0.5, 0.6) is 0 Å². The van der Waals surface area contributed by atoms with Gasteiger partial charge >= 0.3 is 6.18 Å². The number of nitrogens with one attached hydrogen (secondary N) is 1. The van der Waals surface area contributed by atoms with Crippen molar-refractivity contribution in [3.8, 4) is 0 Å². The topological polar surface area (TPSA) is 60.2 Å². The Balaban J connectivity index is 2.27. The van der Waals surface area contributed by atoms with Gasteiger partial charge in [0.1, 0.15) is 11.6 Å². The van der Waals surface area contributed by atoms with Gasteiger partial charge in [-0.25, -0.2) is 0 Å². The SMILES string of the molecule is CSc1c(N)nsc1NCCOCC(F)(F)F. The van der Waals surface area contributed by atoms with Crippen LogP contribution in [0.3, 0.4) is 0 Å². The lowest BCUT2D eigenvalue weighted by molar-refractivity contribution is -0.172. The molecule has 98 valence electrons. The number of ether oxygens (including phenoxy) is 1. The zero-order valence-electron chi connectivity index (χ0n) is 9.00. The Bertz CT molecular complexity index is 356. The predicted octanol–water partition coefficient (Wildman–Crippen LogP) is 2.44. The van der Waals surface area contributed by atoms with E-state index in [2.05, 4.69) is 14.4 Å². The number of thioether (sulfide) groups is 1. The summed E-state index contributed by atoms with van der Waals surface area (Å²) in [4.78, 5) is 0.811. The maximum absolute atomic E-state index is 11.8. The Labute approximate surface area is 105 Å². The van der Waals surface area contributed by atoms with E-state index in [0.717, 1.165) is 9.90 Å². The lowest BCUT2D eigenvalue weighted by atomic mass is 10.5. The molecule has 0 aromatic carbocycles. The minimum Gasteiger partial charge on any atom is -0.382 e. The Morgan fingerprint density at radius 3 is 2.82 bits per heavy atom. The maximum atomic E-state index is 11.8. The first kappa shape index (κ1) is 14.4. The molecule has 3 N–H and O–H groups in total. The van der Waals surface area contributed by atoms with E-state index in [0.29, 0.717) is 5.82 Å². The smallest absolute Gasteiger partial charge is 0.382 e. The van der Waals surface area contributed by atoms with Crippen LogP contribution < -0.4 is 11.1 Å². The number of nitrogens with two attached hydrogens (primary N) is 1. The van der Waals surface area contributed by atoms with Crippen LogP contribution in [0.4, 0.5) is 24.0 Å². The van der Waals surface area contributed by atoms with E-state index < -0.39 is 12.8 Å². The largest absolute Gasteiger partial charge is 0.411 e. The Morgan fingerprint density at radius 2 is 2.24 bits per heavy atom. The van der Waals surface area contributed by atoms with Crippen molar-refractivity contribution in [2.45, 2.75) is 11.1 Å². The third kappa shape index (κ3) is 5.00. The van der Waals surface area contributed by atoms with Gasteiger partial charge in [0.2, 0.25) is 0 Å². The predicted molar refractivity (Wildman–Crippen MR) is 63.7 cm³/mol. The summed E-state index contributed by atoms with van der Waals surface area (Å²) in [6, 6.07) is 0. The number of halogens is 3. The molecule has 17 heavy (non-hydrogen) atoms. The van der Waals surface area contributed by atoms with Crippen molar-refractivity contribution in [2.75, 3.05) is 37.1 Å². The Hall–Kier alpha value is -0.670. The van der Waals surface area contributed by atoms with Crippen LogP contribution in [0, 0.1) is 0 Å². The lowest BCUT2D eigenvalue weighted by Crippen LogP contribution is -2.20. The molecule has 9 heteroatoms. The molecular weight excluding hydrogens is 275 g/mol. The summed E-state index contributed by atoms with van der Waals surface area (Å²) in [6.07, 6.45) is -2.43. The molecule has 0 fully saturated rings. The number of alkyl halides is 3. The molecule has 1 rings (SSSR count). The summed E-state index contributed by atoms with van der Waals surface area (Å²) in [5.41, 5.74) is 5.60. The normalized spacial score (nSPS) is 11.8. The average molecular weight is 287 g/mol. The molecule has 4 nitrogen and oxygen atoms in total. The van der Waals surface area contributed by atoms with Gasteiger partial charge in [0.25, 0.3) is 0 Å². The number of aromatic nitrogens is 1. The van der Waals surface area contributed by atoms with Crippen LogP contribution in [-0.2, 0) is 4.74 Å². The van der Waals surface area contributed by atoms with E-state index >= 15 is 0 Å². The van der Waals surface area contributed by atoms with E-state index in [-0.39, 0.29) is 13.2 Å². The standard InChI is InChI=1S/C8H12F3N3OS2/c1-16-5-6(12)14-17-7(5)13-2-3-15-4-8(9,10)11/h13H,2-4H2,1H3,(H2,12,14). The second-order valence-electron chi connectivity index (χ2n) is 3.02. The summed E-state index contributed by atoms with van der Waals surface area (Å²) in [6.45, 7) is -0.967. The molecule has 0 aliphatic rings. The molecule has 1 heterocycles. The van der Waals surface area contributed by atoms with Gasteiger partial charge in [-0.15, -0.1) is 11.8 Å². The fourth-order valence-corrected chi connectivity index (χ4v) is 2.60. The third-order valence-corrected chi connectivity index (χ3v) is 3.45. The molecule has 0 radical (unpaired) electrons. The molecule has 0 aliphatic heterocycles. The molecule has 0 atom stereocenters. The van der Waals surface area contributed by atoms with Gasteiger partial charge in [-0.1, -0.05) is 0 Å². The van der Waals surface area contributed by atoms with Crippen LogP contribution in [0.15, 0.2) is 4.90 Å². The molecule has 0 bridgehead atoms. The summed E-state index contributed by atoms with van der Waals surface area (Å²) < 4.78 is 43.7. The highest BCUT2D eigenvalue weighted by Crippen LogP contribution is 2.34.